The summed E-state index contributed by atoms with van der Waals surface area (Å²) in [6, 6.07) is 10.4. The molecule has 2 aromatic rings. The van der Waals surface area contributed by atoms with Crippen LogP contribution in [-0.4, -0.2) is 18.2 Å². The van der Waals surface area contributed by atoms with Gasteiger partial charge >= 0.3 is 0 Å². The van der Waals surface area contributed by atoms with Crippen molar-refractivity contribution >= 4 is 10.0 Å². The third-order valence-corrected chi connectivity index (χ3v) is 4.88. The summed E-state index contributed by atoms with van der Waals surface area (Å²) in [6.45, 7) is 0.220. The highest BCUT2D eigenvalue weighted by Gasteiger charge is 2.27. The molecule has 5 nitrogen and oxygen atoms in total. The summed E-state index contributed by atoms with van der Waals surface area (Å²) in [7, 11) is -1.56. The molecule has 1 aliphatic rings. The van der Waals surface area contributed by atoms with Gasteiger partial charge in [0, 0.05) is 18.7 Å². The maximum Gasteiger partial charge on any atom is 0.240 e. The summed E-state index contributed by atoms with van der Waals surface area (Å²) >= 11 is 0. The highest BCUT2D eigenvalue weighted by atomic mass is 32.2. The number of rotatable bonds is 5. The molecule has 0 atom stereocenters. The SMILES string of the molecule is Cn1nc(CNS(=O)(=O)c2ccccc2)cc1C1CC1. The van der Waals surface area contributed by atoms with E-state index < -0.39 is 10.0 Å². The largest absolute Gasteiger partial charge is 0.272 e. The Labute approximate surface area is 118 Å². The molecular formula is C14H17N3O2S. The van der Waals surface area contributed by atoms with Gasteiger partial charge in [0.05, 0.1) is 17.1 Å². The Morgan fingerprint density at radius 3 is 2.65 bits per heavy atom. The molecule has 0 aliphatic heterocycles. The Balaban J connectivity index is 1.71. The quantitative estimate of drug-likeness (QED) is 0.913. The van der Waals surface area contributed by atoms with Crippen LogP contribution in [0.15, 0.2) is 41.3 Å². The monoisotopic (exact) mass is 291 g/mol. The topological polar surface area (TPSA) is 64.0 Å². The van der Waals surface area contributed by atoms with Gasteiger partial charge in [-0.05, 0) is 31.0 Å². The van der Waals surface area contributed by atoms with E-state index in [-0.39, 0.29) is 11.4 Å². The third-order valence-electron chi connectivity index (χ3n) is 3.46. The lowest BCUT2D eigenvalue weighted by Gasteiger charge is -2.04. The number of sulfonamides is 1. The molecule has 1 fully saturated rings. The molecule has 0 spiro atoms. The fraction of sp³-hybridized carbons (Fsp3) is 0.357. The van der Waals surface area contributed by atoms with Crippen molar-refractivity contribution in [2.24, 2.45) is 7.05 Å². The fourth-order valence-corrected chi connectivity index (χ4v) is 3.26. The number of aryl methyl sites for hydroxylation is 1. The summed E-state index contributed by atoms with van der Waals surface area (Å²) in [5.41, 5.74) is 1.95. The Morgan fingerprint density at radius 1 is 1.30 bits per heavy atom. The summed E-state index contributed by atoms with van der Waals surface area (Å²) in [5.74, 6) is 0.604. The third kappa shape index (κ3) is 2.76. The van der Waals surface area contributed by atoms with Crippen LogP contribution in [0.2, 0.25) is 0 Å². The summed E-state index contributed by atoms with van der Waals surface area (Å²) in [4.78, 5) is 0.276. The van der Waals surface area contributed by atoms with Gasteiger partial charge in [-0.2, -0.15) is 5.10 Å². The van der Waals surface area contributed by atoms with Crippen LogP contribution in [0.4, 0.5) is 0 Å². The number of nitrogens with zero attached hydrogens (tertiary/aromatic N) is 2. The Hall–Kier alpha value is -1.66. The Bertz CT molecular complexity index is 703. The molecule has 1 saturated carbocycles. The smallest absolute Gasteiger partial charge is 0.240 e. The van der Waals surface area contributed by atoms with Crippen LogP contribution in [0.5, 0.6) is 0 Å². The van der Waals surface area contributed by atoms with E-state index in [1.165, 1.54) is 18.5 Å². The number of benzene rings is 1. The van der Waals surface area contributed by atoms with E-state index >= 15 is 0 Å². The number of hydrogen-bond acceptors (Lipinski definition) is 3. The molecule has 1 aromatic carbocycles. The van der Waals surface area contributed by atoms with Gasteiger partial charge in [0.15, 0.2) is 0 Å². The molecule has 3 rings (SSSR count). The van der Waals surface area contributed by atoms with E-state index in [2.05, 4.69) is 9.82 Å². The van der Waals surface area contributed by atoms with E-state index in [0.29, 0.717) is 5.92 Å². The number of aromatic nitrogens is 2. The van der Waals surface area contributed by atoms with E-state index in [4.69, 9.17) is 0 Å². The lowest BCUT2D eigenvalue weighted by Crippen LogP contribution is -2.23. The molecule has 1 N–H and O–H groups in total. The average Bonchev–Trinajstić information content (AvgIpc) is 3.21. The van der Waals surface area contributed by atoms with Crippen molar-refractivity contribution < 1.29 is 8.42 Å². The van der Waals surface area contributed by atoms with E-state index in [1.807, 2.05) is 17.8 Å². The van der Waals surface area contributed by atoms with Gasteiger partial charge in [-0.25, -0.2) is 13.1 Å². The highest BCUT2D eigenvalue weighted by Crippen LogP contribution is 2.39. The summed E-state index contributed by atoms with van der Waals surface area (Å²) < 4.78 is 28.6. The van der Waals surface area contributed by atoms with Crippen molar-refractivity contribution in [3.05, 3.63) is 47.8 Å². The Kier molecular flexibility index (Phi) is 3.35. The van der Waals surface area contributed by atoms with Crippen molar-refractivity contribution in [3.63, 3.8) is 0 Å². The van der Waals surface area contributed by atoms with Crippen molar-refractivity contribution in [3.8, 4) is 0 Å². The maximum absolute atomic E-state index is 12.1. The van der Waals surface area contributed by atoms with Gasteiger partial charge < -0.3 is 0 Å². The lowest BCUT2D eigenvalue weighted by molar-refractivity contribution is 0.579. The van der Waals surface area contributed by atoms with Gasteiger partial charge in [-0.1, -0.05) is 18.2 Å². The van der Waals surface area contributed by atoms with Crippen molar-refractivity contribution in [1.82, 2.24) is 14.5 Å². The first-order valence-corrected chi connectivity index (χ1v) is 8.12. The molecule has 106 valence electrons. The zero-order valence-electron chi connectivity index (χ0n) is 11.3. The minimum Gasteiger partial charge on any atom is -0.272 e. The van der Waals surface area contributed by atoms with Crippen LogP contribution < -0.4 is 4.72 Å². The van der Waals surface area contributed by atoms with Crippen LogP contribution in [0.3, 0.4) is 0 Å². The van der Waals surface area contributed by atoms with E-state index in [1.54, 1.807) is 30.3 Å². The van der Waals surface area contributed by atoms with Gasteiger partial charge in [0.2, 0.25) is 10.0 Å². The molecule has 0 amide bonds. The molecule has 0 radical (unpaired) electrons. The number of hydrogen-bond donors (Lipinski definition) is 1. The first-order valence-electron chi connectivity index (χ1n) is 6.64. The van der Waals surface area contributed by atoms with Crippen molar-refractivity contribution in [1.29, 1.82) is 0 Å². The van der Waals surface area contributed by atoms with Gasteiger partial charge in [0.25, 0.3) is 0 Å². The van der Waals surface area contributed by atoms with Crippen molar-refractivity contribution in [2.45, 2.75) is 30.2 Å². The highest BCUT2D eigenvalue weighted by molar-refractivity contribution is 7.89. The first kappa shape index (κ1) is 13.3. The maximum atomic E-state index is 12.1. The van der Waals surface area contributed by atoms with Crippen LogP contribution in [0.25, 0.3) is 0 Å². The standard InChI is InChI=1S/C14H17N3O2S/c1-17-14(11-7-8-11)9-12(16-17)10-15-20(18,19)13-5-3-2-4-6-13/h2-6,9,11,15H,7-8,10H2,1H3. The molecule has 6 heteroatoms. The fourth-order valence-electron chi connectivity index (χ4n) is 2.24. The molecule has 1 aliphatic carbocycles. The molecule has 0 bridgehead atoms. The molecule has 1 heterocycles. The van der Waals surface area contributed by atoms with Crippen molar-refractivity contribution in [2.75, 3.05) is 0 Å². The van der Waals surface area contributed by atoms with E-state index in [9.17, 15) is 8.42 Å². The predicted octanol–water partition coefficient (Wildman–Crippen LogP) is 1.78. The van der Waals surface area contributed by atoms with Crippen LogP contribution in [-0.2, 0) is 23.6 Å². The molecule has 0 saturated heterocycles. The van der Waals surface area contributed by atoms with Crippen LogP contribution in [0.1, 0.15) is 30.1 Å². The molecular weight excluding hydrogens is 274 g/mol. The zero-order chi connectivity index (χ0) is 14.2. The molecule has 1 aromatic heterocycles. The van der Waals surface area contributed by atoms with Crippen LogP contribution in [0, 0.1) is 0 Å². The first-order chi connectivity index (χ1) is 9.56. The van der Waals surface area contributed by atoms with Gasteiger partial charge in [-0.3, -0.25) is 4.68 Å². The summed E-state index contributed by atoms with van der Waals surface area (Å²) in [6.07, 6.45) is 2.41. The normalized spacial score (nSPS) is 15.4. The minimum atomic E-state index is -3.47. The lowest BCUT2D eigenvalue weighted by atomic mass is 10.2. The zero-order valence-corrected chi connectivity index (χ0v) is 12.1. The average molecular weight is 291 g/mol. The summed E-state index contributed by atoms with van der Waals surface area (Å²) in [5, 5.41) is 4.36. The minimum absolute atomic E-state index is 0.220. The van der Waals surface area contributed by atoms with Crippen LogP contribution >= 0.6 is 0 Å². The van der Waals surface area contributed by atoms with Gasteiger partial charge in [-0.15, -0.1) is 0 Å². The number of nitrogens with one attached hydrogen (secondary N) is 1. The predicted molar refractivity (Wildman–Crippen MR) is 75.7 cm³/mol. The second kappa shape index (κ2) is 5.03. The molecule has 0 unspecified atom stereocenters. The second-order valence-corrected chi connectivity index (χ2v) is 6.86. The van der Waals surface area contributed by atoms with E-state index in [0.717, 1.165) is 5.69 Å². The second-order valence-electron chi connectivity index (χ2n) is 5.10. The Morgan fingerprint density at radius 2 is 2.00 bits per heavy atom. The molecule has 20 heavy (non-hydrogen) atoms. The van der Waals surface area contributed by atoms with Gasteiger partial charge in [0.1, 0.15) is 0 Å².